The number of halogens is 1. The molecule has 2 heterocycles. The highest BCUT2D eigenvalue weighted by atomic mass is 32.2. The maximum Gasteiger partial charge on any atom is 0.243 e. The van der Waals surface area contributed by atoms with Gasteiger partial charge in [0.1, 0.15) is 5.82 Å². The van der Waals surface area contributed by atoms with E-state index in [1.165, 1.54) is 28.6 Å². The average Bonchev–Trinajstić information content (AvgIpc) is 3.02. The fraction of sp³-hybridized carbons (Fsp3) is 0.357. The maximum absolute atomic E-state index is 13.0. The highest BCUT2D eigenvalue weighted by Crippen LogP contribution is 2.34. The van der Waals surface area contributed by atoms with Crippen LogP contribution in [0.15, 0.2) is 41.4 Å². The Balaban J connectivity index is 1.97. The Morgan fingerprint density at radius 3 is 2.62 bits per heavy atom. The molecule has 21 heavy (non-hydrogen) atoms. The number of sulfonamides is 1. The molecule has 2 aromatic rings. The Hall–Kier alpha value is -1.73. The summed E-state index contributed by atoms with van der Waals surface area (Å²) in [6, 6.07) is 6.51. The predicted octanol–water partition coefficient (Wildman–Crippen LogP) is 2.46. The minimum atomic E-state index is -3.64. The number of H-pyrrole nitrogens is 1. The van der Waals surface area contributed by atoms with Gasteiger partial charge in [0.05, 0.1) is 16.6 Å². The highest BCUT2D eigenvalue weighted by Gasteiger charge is 2.35. The topological polar surface area (TPSA) is 66.1 Å². The Bertz CT molecular complexity index is 698. The van der Waals surface area contributed by atoms with E-state index in [0.29, 0.717) is 6.54 Å². The van der Waals surface area contributed by atoms with Gasteiger partial charge in [-0.05, 0) is 43.2 Å². The third kappa shape index (κ3) is 2.71. The molecule has 0 saturated carbocycles. The van der Waals surface area contributed by atoms with E-state index in [0.717, 1.165) is 25.0 Å². The van der Waals surface area contributed by atoms with Gasteiger partial charge in [-0.3, -0.25) is 5.10 Å². The molecule has 0 radical (unpaired) electrons. The fourth-order valence-electron chi connectivity index (χ4n) is 2.70. The van der Waals surface area contributed by atoms with Crippen LogP contribution in [0.3, 0.4) is 0 Å². The number of benzene rings is 1. The lowest BCUT2D eigenvalue weighted by molar-refractivity contribution is 0.251. The van der Waals surface area contributed by atoms with E-state index < -0.39 is 15.8 Å². The van der Waals surface area contributed by atoms with Gasteiger partial charge in [-0.25, -0.2) is 12.8 Å². The van der Waals surface area contributed by atoms with Crippen molar-refractivity contribution in [2.45, 2.75) is 30.2 Å². The minimum absolute atomic E-state index is 0.121. The summed E-state index contributed by atoms with van der Waals surface area (Å²) in [4.78, 5) is 0.121. The molecule has 0 bridgehead atoms. The van der Waals surface area contributed by atoms with E-state index in [2.05, 4.69) is 10.2 Å². The van der Waals surface area contributed by atoms with Gasteiger partial charge in [0, 0.05) is 12.7 Å². The first-order valence-corrected chi connectivity index (χ1v) is 8.30. The van der Waals surface area contributed by atoms with Crippen molar-refractivity contribution in [1.82, 2.24) is 14.5 Å². The quantitative estimate of drug-likeness (QED) is 0.947. The molecule has 1 aromatic carbocycles. The number of aromatic nitrogens is 2. The third-order valence-electron chi connectivity index (χ3n) is 3.76. The number of aromatic amines is 1. The van der Waals surface area contributed by atoms with Gasteiger partial charge in [0.25, 0.3) is 0 Å². The second-order valence-electron chi connectivity index (χ2n) is 5.09. The predicted molar refractivity (Wildman–Crippen MR) is 75.5 cm³/mol. The molecule has 1 aromatic heterocycles. The summed E-state index contributed by atoms with van der Waals surface area (Å²) in [5.74, 6) is -0.447. The monoisotopic (exact) mass is 309 g/mol. The number of hydrogen-bond donors (Lipinski definition) is 1. The van der Waals surface area contributed by atoms with Crippen LogP contribution in [0.5, 0.6) is 0 Å². The molecule has 0 aliphatic carbocycles. The first kappa shape index (κ1) is 14.2. The van der Waals surface area contributed by atoms with Crippen LogP contribution in [0.1, 0.15) is 31.0 Å². The zero-order valence-electron chi connectivity index (χ0n) is 11.4. The number of rotatable bonds is 3. The summed E-state index contributed by atoms with van der Waals surface area (Å²) >= 11 is 0. The van der Waals surface area contributed by atoms with Crippen molar-refractivity contribution < 1.29 is 12.8 Å². The van der Waals surface area contributed by atoms with Gasteiger partial charge in [0.15, 0.2) is 0 Å². The molecule has 1 fully saturated rings. The zero-order valence-corrected chi connectivity index (χ0v) is 12.2. The minimum Gasteiger partial charge on any atom is -0.281 e. The molecule has 1 N–H and O–H groups in total. The molecule has 0 amide bonds. The lowest BCUT2D eigenvalue weighted by Crippen LogP contribution is -2.38. The summed E-state index contributed by atoms with van der Waals surface area (Å²) in [6.07, 6.45) is 4.17. The first-order chi connectivity index (χ1) is 10.1. The van der Waals surface area contributed by atoms with Crippen LogP contribution in [-0.2, 0) is 10.0 Å². The van der Waals surface area contributed by atoms with E-state index >= 15 is 0 Å². The van der Waals surface area contributed by atoms with Crippen molar-refractivity contribution >= 4 is 10.0 Å². The van der Waals surface area contributed by atoms with Crippen LogP contribution >= 0.6 is 0 Å². The molecule has 0 spiro atoms. The molecule has 1 unspecified atom stereocenters. The summed E-state index contributed by atoms with van der Waals surface area (Å²) in [5, 5.41) is 6.76. The van der Waals surface area contributed by atoms with Gasteiger partial charge in [-0.1, -0.05) is 6.42 Å². The molecule has 1 aliphatic heterocycles. The number of piperidine rings is 1. The van der Waals surface area contributed by atoms with E-state index in [-0.39, 0.29) is 10.9 Å². The summed E-state index contributed by atoms with van der Waals surface area (Å²) < 4.78 is 40.0. The molecule has 5 nitrogen and oxygen atoms in total. The van der Waals surface area contributed by atoms with Gasteiger partial charge in [-0.15, -0.1) is 0 Å². The number of nitrogens with one attached hydrogen (secondary N) is 1. The van der Waals surface area contributed by atoms with E-state index in [1.54, 1.807) is 12.3 Å². The Labute approximate surface area is 122 Å². The number of hydrogen-bond acceptors (Lipinski definition) is 3. The normalized spacial score (nSPS) is 20.5. The SMILES string of the molecule is O=S(=O)(c1ccc(F)cc1)N1CCCCC1c1ccn[nH]1. The van der Waals surface area contributed by atoms with Gasteiger partial charge < -0.3 is 0 Å². The second-order valence-corrected chi connectivity index (χ2v) is 6.98. The molecule has 112 valence electrons. The second kappa shape index (κ2) is 5.57. The van der Waals surface area contributed by atoms with Crippen molar-refractivity contribution in [3.8, 4) is 0 Å². The third-order valence-corrected chi connectivity index (χ3v) is 5.68. The summed E-state index contributed by atoms with van der Waals surface area (Å²) in [5.41, 5.74) is 0.792. The maximum atomic E-state index is 13.0. The van der Waals surface area contributed by atoms with Crippen LogP contribution in [0.2, 0.25) is 0 Å². The van der Waals surface area contributed by atoms with Crippen LogP contribution in [0.25, 0.3) is 0 Å². The van der Waals surface area contributed by atoms with Gasteiger partial charge in [0.2, 0.25) is 10.0 Å². The highest BCUT2D eigenvalue weighted by molar-refractivity contribution is 7.89. The zero-order chi connectivity index (χ0) is 14.9. The summed E-state index contributed by atoms with van der Waals surface area (Å²) in [7, 11) is -3.64. The first-order valence-electron chi connectivity index (χ1n) is 6.86. The molecular weight excluding hydrogens is 293 g/mol. The average molecular weight is 309 g/mol. The fourth-order valence-corrected chi connectivity index (χ4v) is 4.37. The molecule has 1 saturated heterocycles. The summed E-state index contributed by atoms with van der Waals surface area (Å²) in [6.45, 7) is 0.462. The van der Waals surface area contributed by atoms with Crippen LogP contribution < -0.4 is 0 Å². The molecule has 1 aliphatic rings. The van der Waals surface area contributed by atoms with E-state index in [1.807, 2.05) is 0 Å². The molecule has 7 heteroatoms. The van der Waals surface area contributed by atoms with Gasteiger partial charge >= 0.3 is 0 Å². The van der Waals surface area contributed by atoms with Crippen LogP contribution in [-0.4, -0.2) is 29.5 Å². The Morgan fingerprint density at radius 1 is 1.19 bits per heavy atom. The number of nitrogens with zero attached hydrogens (tertiary/aromatic N) is 2. The standard InChI is InChI=1S/C14H16FN3O2S/c15-11-4-6-12(7-5-11)21(19,20)18-10-2-1-3-14(18)13-8-9-16-17-13/h4-9,14H,1-3,10H2,(H,16,17). The van der Waals surface area contributed by atoms with Crippen molar-refractivity contribution in [2.24, 2.45) is 0 Å². The van der Waals surface area contributed by atoms with Crippen LogP contribution in [0, 0.1) is 5.82 Å². The van der Waals surface area contributed by atoms with Gasteiger partial charge in [-0.2, -0.15) is 9.40 Å². The largest absolute Gasteiger partial charge is 0.281 e. The van der Waals surface area contributed by atoms with Crippen molar-refractivity contribution in [1.29, 1.82) is 0 Å². The molecule has 3 rings (SSSR count). The van der Waals surface area contributed by atoms with Crippen molar-refractivity contribution in [3.63, 3.8) is 0 Å². The van der Waals surface area contributed by atoms with Crippen molar-refractivity contribution in [2.75, 3.05) is 6.54 Å². The van der Waals surface area contributed by atoms with Crippen LogP contribution in [0.4, 0.5) is 4.39 Å². The lowest BCUT2D eigenvalue weighted by Gasteiger charge is -2.33. The smallest absolute Gasteiger partial charge is 0.243 e. The molecular formula is C14H16FN3O2S. The van der Waals surface area contributed by atoms with Crippen molar-refractivity contribution in [3.05, 3.63) is 48.0 Å². The van der Waals surface area contributed by atoms with E-state index in [9.17, 15) is 12.8 Å². The molecule has 1 atom stereocenters. The van der Waals surface area contributed by atoms with E-state index in [4.69, 9.17) is 0 Å². The Kier molecular flexibility index (Phi) is 3.77. The lowest BCUT2D eigenvalue weighted by atomic mass is 10.0. The Morgan fingerprint density at radius 2 is 1.95 bits per heavy atom.